The molecule has 0 spiro atoms. The Labute approximate surface area is 134 Å². The predicted octanol–water partition coefficient (Wildman–Crippen LogP) is 1.87. The largest absolute Gasteiger partial charge is 0.391 e. The maximum atomic E-state index is 12.1. The van der Waals surface area contributed by atoms with E-state index in [0.29, 0.717) is 29.6 Å². The number of aliphatic hydroxyl groups excluding tert-OH is 1. The Kier molecular flexibility index (Phi) is 5.88. The Bertz CT molecular complexity index is 510. The van der Waals surface area contributed by atoms with Crippen LogP contribution in [0.2, 0.25) is 10.0 Å². The van der Waals surface area contributed by atoms with Gasteiger partial charge in [-0.05, 0) is 24.1 Å². The van der Waals surface area contributed by atoms with Crippen molar-refractivity contribution in [1.82, 2.24) is 10.6 Å². The van der Waals surface area contributed by atoms with Crippen LogP contribution in [0.5, 0.6) is 0 Å². The highest BCUT2D eigenvalue weighted by Crippen LogP contribution is 2.23. The van der Waals surface area contributed by atoms with Crippen molar-refractivity contribution in [2.24, 2.45) is 11.8 Å². The van der Waals surface area contributed by atoms with Gasteiger partial charge in [-0.2, -0.15) is 0 Å². The Balaban J connectivity index is 1.84. The zero-order chi connectivity index (χ0) is 15.4. The molecule has 1 saturated heterocycles. The Morgan fingerprint density at radius 1 is 1.48 bits per heavy atom. The molecule has 0 radical (unpaired) electrons. The van der Waals surface area contributed by atoms with Crippen LogP contribution in [0.15, 0.2) is 18.2 Å². The molecule has 0 bridgehead atoms. The number of halogens is 2. The fourth-order valence-corrected chi connectivity index (χ4v) is 2.93. The quantitative estimate of drug-likeness (QED) is 0.772. The maximum Gasteiger partial charge on any atom is 0.223 e. The lowest BCUT2D eigenvalue weighted by atomic mass is 9.99. The van der Waals surface area contributed by atoms with Crippen LogP contribution < -0.4 is 10.6 Å². The number of amides is 1. The molecule has 3 atom stereocenters. The summed E-state index contributed by atoms with van der Waals surface area (Å²) in [4.78, 5) is 12.1. The number of β-amino-alcohol motifs (C(OH)–C–C–N with tert-alkyl or cyclic N) is 1. The summed E-state index contributed by atoms with van der Waals surface area (Å²) in [7, 11) is 0. The number of carbonyl (C=O) groups excluding carboxylic acids is 1. The van der Waals surface area contributed by atoms with E-state index in [-0.39, 0.29) is 23.8 Å². The monoisotopic (exact) mass is 330 g/mol. The minimum atomic E-state index is -0.383. The fourth-order valence-electron chi connectivity index (χ4n) is 2.44. The third-order valence-corrected chi connectivity index (χ3v) is 4.42. The number of nitrogens with one attached hydrogen (secondary N) is 2. The number of hydrogen-bond acceptors (Lipinski definition) is 3. The summed E-state index contributed by atoms with van der Waals surface area (Å²) in [6.07, 6.45) is 0.180. The molecule has 0 aliphatic carbocycles. The number of benzene rings is 1. The van der Waals surface area contributed by atoms with Gasteiger partial charge in [0.25, 0.3) is 0 Å². The molecule has 4 nitrogen and oxygen atoms in total. The van der Waals surface area contributed by atoms with E-state index in [1.807, 2.05) is 13.0 Å². The summed E-state index contributed by atoms with van der Waals surface area (Å²) in [5, 5.41) is 16.9. The van der Waals surface area contributed by atoms with Crippen molar-refractivity contribution in [3.05, 3.63) is 33.8 Å². The van der Waals surface area contributed by atoms with Crippen molar-refractivity contribution in [2.45, 2.75) is 19.4 Å². The highest BCUT2D eigenvalue weighted by Gasteiger charge is 2.25. The summed E-state index contributed by atoms with van der Waals surface area (Å²) in [5.74, 6) is -0.129. The van der Waals surface area contributed by atoms with Crippen molar-refractivity contribution in [3.8, 4) is 0 Å². The van der Waals surface area contributed by atoms with Gasteiger partial charge in [-0.3, -0.25) is 4.79 Å². The molecule has 0 aromatic heterocycles. The molecule has 6 heteroatoms. The molecule has 116 valence electrons. The summed E-state index contributed by atoms with van der Waals surface area (Å²) < 4.78 is 0. The van der Waals surface area contributed by atoms with E-state index in [1.54, 1.807) is 12.1 Å². The summed E-state index contributed by atoms with van der Waals surface area (Å²) in [6, 6.07) is 5.30. The SMILES string of the molecule is CC(Cc1ccc(Cl)cc1Cl)C(=O)NCC1CNCC1O. The van der Waals surface area contributed by atoms with Crippen molar-refractivity contribution in [1.29, 1.82) is 0 Å². The zero-order valence-corrected chi connectivity index (χ0v) is 13.4. The first-order valence-electron chi connectivity index (χ1n) is 7.07. The Morgan fingerprint density at radius 3 is 2.86 bits per heavy atom. The number of hydrogen-bond donors (Lipinski definition) is 3. The van der Waals surface area contributed by atoms with Crippen LogP contribution in [-0.2, 0) is 11.2 Å². The highest BCUT2D eigenvalue weighted by molar-refractivity contribution is 6.35. The average molecular weight is 331 g/mol. The molecule has 1 aliphatic heterocycles. The molecule has 1 fully saturated rings. The first-order chi connectivity index (χ1) is 9.97. The van der Waals surface area contributed by atoms with Crippen molar-refractivity contribution >= 4 is 29.1 Å². The van der Waals surface area contributed by atoms with Gasteiger partial charge in [-0.1, -0.05) is 36.2 Å². The molecule has 1 aliphatic rings. The number of carbonyl (C=O) groups is 1. The topological polar surface area (TPSA) is 61.4 Å². The van der Waals surface area contributed by atoms with Gasteiger partial charge < -0.3 is 15.7 Å². The summed E-state index contributed by atoms with van der Waals surface area (Å²) >= 11 is 12.0. The van der Waals surface area contributed by atoms with E-state index in [2.05, 4.69) is 10.6 Å². The summed E-state index contributed by atoms with van der Waals surface area (Å²) in [6.45, 7) is 3.69. The van der Waals surface area contributed by atoms with E-state index >= 15 is 0 Å². The van der Waals surface area contributed by atoms with E-state index in [4.69, 9.17) is 23.2 Å². The van der Waals surface area contributed by atoms with Crippen LogP contribution in [0.3, 0.4) is 0 Å². The van der Waals surface area contributed by atoms with Crippen LogP contribution in [0, 0.1) is 11.8 Å². The second-order valence-corrected chi connectivity index (χ2v) is 6.42. The van der Waals surface area contributed by atoms with Crippen molar-refractivity contribution in [2.75, 3.05) is 19.6 Å². The van der Waals surface area contributed by atoms with Crippen LogP contribution in [-0.4, -0.2) is 36.8 Å². The predicted molar refractivity (Wildman–Crippen MR) is 84.7 cm³/mol. The van der Waals surface area contributed by atoms with Gasteiger partial charge in [0.05, 0.1) is 6.10 Å². The molecular formula is C15H20Cl2N2O2. The second kappa shape index (κ2) is 7.45. The van der Waals surface area contributed by atoms with Crippen molar-refractivity contribution in [3.63, 3.8) is 0 Å². The molecule has 3 unspecified atom stereocenters. The Morgan fingerprint density at radius 2 is 2.24 bits per heavy atom. The molecule has 1 aromatic rings. The van der Waals surface area contributed by atoms with Gasteiger partial charge in [0.2, 0.25) is 5.91 Å². The molecule has 0 saturated carbocycles. The van der Waals surface area contributed by atoms with E-state index in [0.717, 1.165) is 12.1 Å². The number of aliphatic hydroxyl groups is 1. The van der Waals surface area contributed by atoms with Crippen LogP contribution >= 0.6 is 23.2 Å². The molecule has 1 amide bonds. The second-order valence-electron chi connectivity index (χ2n) is 5.57. The van der Waals surface area contributed by atoms with Gasteiger partial charge in [-0.15, -0.1) is 0 Å². The first kappa shape index (κ1) is 16.6. The molecule has 1 aromatic carbocycles. The van der Waals surface area contributed by atoms with Crippen LogP contribution in [0.4, 0.5) is 0 Å². The van der Waals surface area contributed by atoms with Gasteiger partial charge >= 0.3 is 0 Å². The normalized spacial score (nSPS) is 23.0. The smallest absolute Gasteiger partial charge is 0.223 e. The van der Waals surface area contributed by atoms with Crippen molar-refractivity contribution < 1.29 is 9.90 Å². The fraction of sp³-hybridized carbons (Fsp3) is 0.533. The Hall–Kier alpha value is -0.810. The molecule has 21 heavy (non-hydrogen) atoms. The van der Waals surface area contributed by atoms with Gasteiger partial charge in [0.15, 0.2) is 0 Å². The van der Waals surface area contributed by atoms with E-state index in [1.165, 1.54) is 0 Å². The van der Waals surface area contributed by atoms with Gasteiger partial charge in [0.1, 0.15) is 0 Å². The van der Waals surface area contributed by atoms with Crippen LogP contribution in [0.1, 0.15) is 12.5 Å². The standard InChI is InChI=1S/C15H20Cl2N2O2/c1-9(4-10-2-3-12(16)5-13(10)17)15(21)19-7-11-6-18-8-14(11)20/h2-3,5,9,11,14,18,20H,4,6-8H2,1H3,(H,19,21). The molecule has 3 N–H and O–H groups in total. The third kappa shape index (κ3) is 4.58. The lowest BCUT2D eigenvalue weighted by Gasteiger charge is -2.17. The lowest BCUT2D eigenvalue weighted by Crippen LogP contribution is -2.37. The number of rotatable bonds is 5. The molecular weight excluding hydrogens is 311 g/mol. The lowest BCUT2D eigenvalue weighted by molar-refractivity contribution is -0.124. The van der Waals surface area contributed by atoms with Gasteiger partial charge in [-0.25, -0.2) is 0 Å². The van der Waals surface area contributed by atoms with E-state index < -0.39 is 0 Å². The third-order valence-electron chi connectivity index (χ3n) is 3.83. The molecule has 2 rings (SSSR count). The maximum absolute atomic E-state index is 12.1. The minimum absolute atomic E-state index is 0.0277. The minimum Gasteiger partial charge on any atom is -0.391 e. The first-order valence-corrected chi connectivity index (χ1v) is 7.83. The zero-order valence-electron chi connectivity index (χ0n) is 11.9. The van der Waals surface area contributed by atoms with E-state index in [9.17, 15) is 9.90 Å². The van der Waals surface area contributed by atoms with Crippen LogP contribution in [0.25, 0.3) is 0 Å². The molecule has 1 heterocycles. The van der Waals surface area contributed by atoms with Gasteiger partial charge in [0, 0.05) is 41.5 Å². The average Bonchev–Trinajstić information content (AvgIpc) is 2.84. The highest BCUT2D eigenvalue weighted by atomic mass is 35.5. The summed E-state index contributed by atoms with van der Waals surface area (Å²) in [5.41, 5.74) is 0.909.